The first-order valence-electron chi connectivity index (χ1n) is 5.25. The molecule has 1 aromatic heterocycles. The number of furan rings is 1. The minimum atomic E-state index is -0.0137. The van der Waals surface area contributed by atoms with E-state index in [0.717, 1.165) is 13.1 Å². The van der Waals surface area contributed by atoms with Gasteiger partial charge >= 0.3 is 0 Å². The minimum Gasteiger partial charge on any atom is -0.459 e. The molecule has 2 heterocycles. The maximum atomic E-state index is 12.0. The highest BCUT2D eigenvalue weighted by atomic mass is 35.5. The predicted molar refractivity (Wildman–Crippen MR) is 63.9 cm³/mol. The summed E-state index contributed by atoms with van der Waals surface area (Å²) in [4.78, 5) is 13.8. The third-order valence-electron chi connectivity index (χ3n) is 2.58. The monoisotopic (exact) mass is 244 g/mol. The van der Waals surface area contributed by atoms with Gasteiger partial charge in [0.05, 0.1) is 6.26 Å². The molecule has 0 aliphatic carbocycles. The largest absolute Gasteiger partial charge is 0.459 e. The smallest absolute Gasteiger partial charge is 0.289 e. The molecule has 1 aliphatic heterocycles. The summed E-state index contributed by atoms with van der Waals surface area (Å²) in [5, 5.41) is 3.38. The van der Waals surface area contributed by atoms with Crippen LogP contribution in [-0.2, 0) is 0 Å². The molecule has 0 aromatic carbocycles. The molecule has 2 rings (SSSR count). The first-order chi connectivity index (χ1) is 7.16. The molecule has 0 saturated carbocycles. The van der Waals surface area contributed by atoms with Crippen molar-refractivity contribution in [1.82, 2.24) is 10.2 Å². The van der Waals surface area contributed by atoms with Gasteiger partial charge in [0.2, 0.25) is 0 Å². The van der Waals surface area contributed by atoms with E-state index in [1.54, 1.807) is 12.1 Å². The van der Waals surface area contributed by atoms with E-state index in [-0.39, 0.29) is 18.3 Å². The second-order valence-electron chi connectivity index (χ2n) is 4.16. The number of hydrogen-bond acceptors (Lipinski definition) is 3. The van der Waals surface area contributed by atoms with E-state index < -0.39 is 0 Å². The Morgan fingerprint density at radius 3 is 2.56 bits per heavy atom. The summed E-state index contributed by atoms with van der Waals surface area (Å²) in [6.07, 6.45) is 1.53. The Labute approximate surface area is 101 Å². The van der Waals surface area contributed by atoms with Crippen molar-refractivity contribution in [2.45, 2.75) is 25.9 Å². The Kier molecular flexibility index (Phi) is 4.38. The number of carbonyl (C=O) groups is 1. The van der Waals surface area contributed by atoms with Gasteiger partial charge in [0.25, 0.3) is 5.91 Å². The van der Waals surface area contributed by atoms with Crippen LogP contribution in [0.15, 0.2) is 22.8 Å². The standard InChI is InChI=1S/C11H16N2O2.ClH/c1-8-6-13(7-9(2)12-8)11(14)10-4-3-5-15-10;/h3-5,8-9,12H,6-7H2,1-2H3;1H. The van der Waals surface area contributed by atoms with Gasteiger partial charge in [-0.2, -0.15) is 0 Å². The molecular formula is C11H17ClN2O2. The maximum absolute atomic E-state index is 12.0. The van der Waals surface area contributed by atoms with Gasteiger partial charge in [0, 0.05) is 25.2 Å². The van der Waals surface area contributed by atoms with Crippen LogP contribution >= 0.6 is 12.4 Å². The third kappa shape index (κ3) is 2.77. The predicted octanol–water partition coefficient (Wildman–Crippen LogP) is 1.52. The molecule has 4 nitrogen and oxygen atoms in total. The molecular weight excluding hydrogens is 228 g/mol. The highest BCUT2D eigenvalue weighted by Gasteiger charge is 2.26. The van der Waals surface area contributed by atoms with E-state index in [1.165, 1.54) is 6.26 Å². The van der Waals surface area contributed by atoms with Crippen molar-refractivity contribution in [3.8, 4) is 0 Å². The number of amides is 1. The lowest BCUT2D eigenvalue weighted by Crippen LogP contribution is -2.55. The SMILES string of the molecule is CC1CN(C(=O)c2ccco2)CC(C)N1.Cl. The lowest BCUT2D eigenvalue weighted by Gasteiger charge is -2.35. The Bertz CT molecular complexity index is 330. The summed E-state index contributed by atoms with van der Waals surface area (Å²) < 4.78 is 5.11. The second kappa shape index (κ2) is 5.37. The van der Waals surface area contributed by atoms with Crippen molar-refractivity contribution in [3.63, 3.8) is 0 Å². The summed E-state index contributed by atoms with van der Waals surface area (Å²) in [5.41, 5.74) is 0. The van der Waals surface area contributed by atoms with Crippen molar-refractivity contribution in [1.29, 1.82) is 0 Å². The van der Waals surface area contributed by atoms with E-state index in [4.69, 9.17) is 4.42 Å². The summed E-state index contributed by atoms with van der Waals surface area (Å²) in [7, 11) is 0. The van der Waals surface area contributed by atoms with E-state index >= 15 is 0 Å². The number of piperazine rings is 1. The third-order valence-corrected chi connectivity index (χ3v) is 2.58. The van der Waals surface area contributed by atoms with Crippen molar-refractivity contribution in [3.05, 3.63) is 24.2 Å². The van der Waals surface area contributed by atoms with Gasteiger partial charge in [-0.3, -0.25) is 4.79 Å². The first kappa shape index (κ1) is 13.1. The van der Waals surface area contributed by atoms with Gasteiger partial charge in [0.15, 0.2) is 5.76 Å². The van der Waals surface area contributed by atoms with Gasteiger partial charge in [0.1, 0.15) is 0 Å². The van der Waals surface area contributed by atoms with Crippen LogP contribution in [0.2, 0.25) is 0 Å². The highest BCUT2D eigenvalue weighted by molar-refractivity contribution is 5.91. The van der Waals surface area contributed by atoms with Crippen molar-refractivity contribution >= 4 is 18.3 Å². The fourth-order valence-corrected chi connectivity index (χ4v) is 2.05. The van der Waals surface area contributed by atoms with Crippen LogP contribution in [-0.4, -0.2) is 36.0 Å². The van der Waals surface area contributed by atoms with Gasteiger partial charge in [-0.15, -0.1) is 12.4 Å². The first-order valence-corrected chi connectivity index (χ1v) is 5.25. The Morgan fingerprint density at radius 2 is 2.06 bits per heavy atom. The summed E-state index contributed by atoms with van der Waals surface area (Å²) in [6.45, 7) is 5.64. The molecule has 16 heavy (non-hydrogen) atoms. The molecule has 0 spiro atoms. The van der Waals surface area contributed by atoms with Crippen LogP contribution in [0.3, 0.4) is 0 Å². The Balaban J connectivity index is 0.00000128. The average molecular weight is 245 g/mol. The molecule has 1 aliphatic rings. The van der Waals surface area contributed by atoms with Crippen LogP contribution in [0.1, 0.15) is 24.4 Å². The topological polar surface area (TPSA) is 45.5 Å². The van der Waals surface area contributed by atoms with E-state index in [2.05, 4.69) is 19.2 Å². The van der Waals surface area contributed by atoms with Crippen LogP contribution in [0.4, 0.5) is 0 Å². The van der Waals surface area contributed by atoms with Crippen molar-refractivity contribution in [2.75, 3.05) is 13.1 Å². The van der Waals surface area contributed by atoms with E-state index in [0.29, 0.717) is 17.8 Å². The quantitative estimate of drug-likeness (QED) is 0.815. The minimum absolute atomic E-state index is 0. The maximum Gasteiger partial charge on any atom is 0.289 e. The summed E-state index contributed by atoms with van der Waals surface area (Å²) >= 11 is 0. The van der Waals surface area contributed by atoms with Crippen molar-refractivity contribution < 1.29 is 9.21 Å². The Hall–Kier alpha value is -1.00. The molecule has 90 valence electrons. The number of nitrogens with one attached hydrogen (secondary N) is 1. The summed E-state index contributed by atoms with van der Waals surface area (Å²) in [5.74, 6) is 0.413. The van der Waals surface area contributed by atoms with Gasteiger partial charge in [-0.1, -0.05) is 0 Å². The molecule has 2 unspecified atom stereocenters. The van der Waals surface area contributed by atoms with Gasteiger partial charge < -0.3 is 14.6 Å². The normalized spacial score (nSPS) is 25.0. The van der Waals surface area contributed by atoms with Crippen LogP contribution in [0, 0.1) is 0 Å². The van der Waals surface area contributed by atoms with Gasteiger partial charge in [-0.25, -0.2) is 0 Å². The zero-order chi connectivity index (χ0) is 10.8. The number of carbonyl (C=O) groups excluding carboxylic acids is 1. The molecule has 0 radical (unpaired) electrons. The highest BCUT2D eigenvalue weighted by Crippen LogP contribution is 2.10. The van der Waals surface area contributed by atoms with Crippen molar-refractivity contribution in [2.24, 2.45) is 0 Å². The number of hydrogen-bond donors (Lipinski definition) is 1. The molecule has 1 saturated heterocycles. The fourth-order valence-electron chi connectivity index (χ4n) is 2.05. The van der Waals surface area contributed by atoms with E-state index in [1.807, 2.05) is 4.90 Å². The van der Waals surface area contributed by atoms with E-state index in [9.17, 15) is 4.79 Å². The molecule has 0 bridgehead atoms. The van der Waals surface area contributed by atoms with Gasteiger partial charge in [-0.05, 0) is 26.0 Å². The number of halogens is 1. The molecule has 5 heteroatoms. The second-order valence-corrected chi connectivity index (χ2v) is 4.16. The lowest BCUT2D eigenvalue weighted by atomic mass is 10.1. The average Bonchev–Trinajstić information content (AvgIpc) is 2.67. The molecule has 2 atom stereocenters. The molecule has 1 aromatic rings. The number of rotatable bonds is 1. The molecule has 1 amide bonds. The van der Waals surface area contributed by atoms with Crippen LogP contribution in [0.5, 0.6) is 0 Å². The Morgan fingerprint density at radius 1 is 1.44 bits per heavy atom. The lowest BCUT2D eigenvalue weighted by molar-refractivity contribution is 0.0642. The zero-order valence-corrected chi connectivity index (χ0v) is 10.3. The number of nitrogens with zero attached hydrogens (tertiary/aromatic N) is 1. The zero-order valence-electron chi connectivity index (χ0n) is 9.47. The van der Waals surface area contributed by atoms with Crippen LogP contribution < -0.4 is 5.32 Å². The van der Waals surface area contributed by atoms with Crippen LogP contribution in [0.25, 0.3) is 0 Å². The fraction of sp³-hybridized carbons (Fsp3) is 0.545. The summed E-state index contributed by atoms with van der Waals surface area (Å²) in [6, 6.07) is 4.13. The molecule has 1 N–H and O–H groups in total. The molecule has 1 fully saturated rings.